The number of hydrogen-bond donors (Lipinski definition) is 2. The largest absolute Gasteiger partial charge is 0.456 e. The molecule has 0 heterocycles. The summed E-state index contributed by atoms with van der Waals surface area (Å²) in [7, 11) is -3.77. The highest BCUT2D eigenvalue weighted by Crippen LogP contribution is 2.20. The van der Waals surface area contributed by atoms with Crippen LogP contribution in [0.4, 0.5) is 5.69 Å². The summed E-state index contributed by atoms with van der Waals surface area (Å²) in [5, 5.41) is 7.48. The molecule has 1 aliphatic rings. The number of nitrogens with one attached hydrogen (secondary N) is 1. The van der Waals surface area contributed by atoms with Gasteiger partial charge in [0.15, 0.2) is 6.61 Å². The van der Waals surface area contributed by atoms with Crippen molar-refractivity contribution in [2.75, 3.05) is 11.9 Å². The fraction of sp³-hybridized carbons (Fsp3) is 0.333. The van der Waals surface area contributed by atoms with E-state index in [0.29, 0.717) is 5.69 Å². The minimum absolute atomic E-state index is 0.0495. The minimum atomic E-state index is -3.77. The van der Waals surface area contributed by atoms with Crippen LogP contribution in [0.3, 0.4) is 0 Å². The van der Waals surface area contributed by atoms with Crippen molar-refractivity contribution < 1.29 is 22.7 Å². The molecule has 23 heavy (non-hydrogen) atoms. The van der Waals surface area contributed by atoms with Crippen LogP contribution in [-0.2, 0) is 24.3 Å². The number of primary sulfonamides is 1. The van der Waals surface area contributed by atoms with Gasteiger partial charge in [-0.05, 0) is 43.0 Å². The number of amides is 1. The molecule has 0 unspecified atom stereocenters. The SMILES string of the molecule is NS(=O)(=O)c1ccc(NC(=O)COC(=O)C[C@H]2C=CCC2)cc1. The first-order valence-electron chi connectivity index (χ1n) is 7.09. The maximum Gasteiger partial charge on any atom is 0.306 e. The summed E-state index contributed by atoms with van der Waals surface area (Å²) >= 11 is 0. The molecule has 7 nitrogen and oxygen atoms in total. The summed E-state index contributed by atoms with van der Waals surface area (Å²) in [6.45, 7) is -0.383. The molecule has 0 saturated heterocycles. The van der Waals surface area contributed by atoms with E-state index in [4.69, 9.17) is 9.88 Å². The lowest BCUT2D eigenvalue weighted by atomic mass is 10.1. The molecule has 0 fully saturated rings. The number of benzene rings is 1. The Morgan fingerprint density at radius 1 is 1.26 bits per heavy atom. The lowest BCUT2D eigenvalue weighted by molar-refractivity contribution is -0.147. The van der Waals surface area contributed by atoms with Gasteiger partial charge >= 0.3 is 5.97 Å². The first kappa shape index (κ1) is 17.2. The average molecular weight is 338 g/mol. The summed E-state index contributed by atoms with van der Waals surface area (Å²) < 4.78 is 27.1. The van der Waals surface area contributed by atoms with Crippen LogP contribution < -0.4 is 10.5 Å². The Morgan fingerprint density at radius 3 is 2.52 bits per heavy atom. The van der Waals surface area contributed by atoms with Gasteiger partial charge in [0, 0.05) is 5.69 Å². The molecular formula is C15H18N2O5S. The number of anilines is 1. The standard InChI is InChI=1S/C15H18N2O5S/c16-23(20,21)13-7-5-12(6-8-13)17-14(18)10-22-15(19)9-11-3-1-2-4-11/h1,3,5-8,11H,2,4,9-10H2,(H,17,18)(H2,16,20,21)/t11-/m0/s1. The lowest BCUT2D eigenvalue weighted by Crippen LogP contribution is -2.21. The van der Waals surface area contributed by atoms with Crippen molar-refractivity contribution >= 4 is 27.6 Å². The maximum atomic E-state index is 11.7. The van der Waals surface area contributed by atoms with Crippen LogP contribution in [0.1, 0.15) is 19.3 Å². The third kappa shape index (κ3) is 5.50. The molecule has 0 aromatic heterocycles. The van der Waals surface area contributed by atoms with Gasteiger partial charge in [-0.25, -0.2) is 13.6 Å². The highest BCUT2D eigenvalue weighted by Gasteiger charge is 2.16. The molecule has 2 rings (SSSR count). The number of esters is 1. The van der Waals surface area contributed by atoms with Crippen molar-refractivity contribution in [2.45, 2.75) is 24.2 Å². The fourth-order valence-corrected chi connectivity index (χ4v) is 2.72. The van der Waals surface area contributed by atoms with Gasteiger partial charge in [0.25, 0.3) is 5.91 Å². The van der Waals surface area contributed by atoms with Crippen molar-refractivity contribution in [1.82, 2.24) is 0 Å². The molecule has 1 atom stereocenters. The zero-order chi connectivity index (χ0) is 16.9. The van der Waals surface area contributed by atoms with Gasteiger partial charge in [-0.1, -0.05) is 12.2 Å². The number of hydrogen-bond acceptors (Lipinski definition) is 5. The number of sulfonamides is 1. The number of nitrogens with two attached hydrogens (primary N) is 1. The molecule has 1 aromatic rings. The van der Waals surface area contributed by atoms with Crippen molar-refractivity contribution in [3.8, 4) is 0 Å². The number of carbonyl (C=O) groups excluding carboxylic acids is 2. The number of rotatable bonds is 6. The molecule has 0 aliphatic heterocycles. The molecule has 0 saturated carbocycles. The quantitative estimate of drug-likeness (QED) is 0.597. The van der Waals surface area contributed by atoms with Crippen molar-refractivity contribution in [2.24, 2.45) is 11.1 Å². The van der Waals surface area contributed by atoms with E-state index in [-0.39, 0.29) is 23.8 Å². The van der Waals surface area contributed by atoms with E-state index in [1.807, 2.05) is 12.2 Å². The maximum absolute atomic E-state index is 11.7. The van der Waals surface area contributed by atoms with E-state index in [1.54, 1.807) is 0 Å². The smallest absolute Gasteiger partial charge is 0.306 e. The van der Waals surface area contributed by atoms with E-state index in [9.17, 15) is 18.0 Å². The Labute approximate surface area is 134 Å². The second-order valence-corrected chi connectivity index (χ2v) is 6.81. The molecule has 8 heteroatoms. The monoisotopic (exact) mass is 338 g/mol. The topological polar surface area (TPSA) is 116 Å². The summed E-state index contributed by atoms with van der Waals surface area (Å²) in [5.41, 5.74) is 0.386. The van der Waals surface area contributed by atoms with Gasteiger partial charge in [-0.2, -0.15) is 0 Å². The Morgan fingerprint density at radius 2 is 1.96 bits per heavy atom. The Bertz CT molecular complexity index is 710. The average Bonchev–Trinajstić information content (AvgIpc) is 2.98. The first-order chi connectivity index (χ1) is 10.8. The van der Waals surface area contributed by atoms with Gasteiger partial charge in [-0.3, -0.25) is 9.59 Å². The Kier molecular flexibility index (Phi) is 5.51. The van der Waals surface area contributed by atoms with Gasteiger partial charge < -0.3 is 10.1 Å². The second kappa shape index (κ2) is 7.38. The highest BCUT2D eigenvalue weighted by molar-refractivity contribution is 7.89. The van der Waals surface area contributed by atoms with Crippen molar-refractivity contribution in [3.63, 3.8) is 0 Å². The number of ether oxygens (including phenoxy) is 1. The molecule has 1 aromatic carbocycles. The summed E-state index contributed by atoms with van der Waals surface area (Å²) in [5.74, 6) is -0.721. The fourth-order valence-electron chi connectivity index (χ4n) is 2.21. The zero-order valence-electron chi connectivity index (χ0n) is 12.4. The third-order valence-corrected chi connectivity index (χ3v) is 4.30. The first-order valence-corrected chi connectivity index (χ1v) is 8.64. The van der Waals surface area contributed by atoms with Crippen LogP contribution in [0.2, 0.25) is 0 Å². The minimum Gasteiger partial charge on any atom is -0.456 e. The van der Waals surface area contributed by atoms with Crippen LogP contribution in [-0.4, -0.2) is 26.9 Å². The van der Waals surface area contributed by atoms with E-state index in [2.05, 4.69) is 5.32 Å². The molecule has 3 N–H and O–H groups in total. The van der Waals surface area contributed by atoms with Crippen LogP contribution in [0.25, 0.3) is 0 Å². The molecule has 0 spiro atoms. The van der Waals surface area contributed by atoms with Gasteiger partial charge in [-0.15, -0.1) is 0 Å². The van der Waals surface area contributed by atoms with Crippen LogP contribution in [0, 0.1) is 5.92 Å². The predicted octanol–water partition coefficient (Wildman–Crippen LogP) is 1.17. The molecular weight excluding hydrogens is 320 g/mol. The van der Waals surface area contributed by atoms with Crippen LogP contribution in [0.5, 0.6) is 0 Å². The molecule has 124 valence electrons. The Balaban J connectivity index is 1.78. The third-order valence-electron chi connectivity index (χ3n) is 3.37. The second-order valence-electron chi connectivity index (χ2n) is 5.25. The van der Waals surface area contributed by atoms with Crippen molar-refractivity contribution in [1.29, 1.82) is 0 Å². The molecule has 0 bridgehead atoms. The number of allylic oxidation sites excluding steroid dienone is 2. The van der Waals surface area contributed by atoms with Crippen LogP contribution >= 0.6 is 0 Å². The summed E-state index contributed by atoms with van der Waals surface area (Å²) in [6.07, 6.45) is 6.17. The Hall–Kier alpha value is -2.19. The van der Waals surface area contributed by atoms with Gasteiger partial charge in [0.2, 0.25) is 10.0 Å². The molecule has 1 aliphatic carbocycles. The summed E-state index contributed by atoms with van der Waals surface area (Å²) in [4.78, 5) is 23.2. The predicted molar refractivity (Wildman–Crippen MR) is 83.9 cm³/mol. The summed E-state index contributed by atoms with van der Waals surface area (Å²) in [6, 6.07) is 5.37. The van der Waals surface area contributed by atoms with Crippen LogP contribution in [0.15, 0.2) is 41.3 Å². The zero-order valence-corrected chi connectivity index (χ0v) is 13.2. The van der Waals surface area contributed by atoms with Gasteiger partial charge in [0.05, 0.1) is 11.3 Å². The number of carbonyl (C=O) groups is 2. The molecule has 0 radical (unpaired) electrons. The van der Waals surface area contributed by atoms with E-state index < -0.39 is 21.9 Å². The van der Waals surface area contributed by atoms with E-state index >= 15 is 0 Å². The lowest BCUT2D eigenvalue weighted by Gasteiger charge is -2.09. The normalized spacial score (nSPS) is 17.0. The highest BCUT2D eigenvalue weighted by atomic mass is 32.2. The van der Waals surface area contributed by atoms with E-state index in [0.717, 1.165) is 12.8 Å². The van der Waals surface area contributed by atoms with Crippen molar-refractivity contribution in [3.05, 3.63) is 36.4 Å². The molecule has 1 amide bonds. The van der Waals surface area contributed by atoms with Gasteiger partial charge in [0.1, 0.15) is 0 Å². The van der Waals surface area contributed by atoms with E-state index in [1.165, 1.54) is 24.3 Å².